The molecule has 3 aromatic rings. The molecule has 0 saturated carbocycles. The summed E-state index contributed by atoms with van der Waals surface area (Å²) in [5.41, 5.74) is -1.23. The Morgan fingerprint density at radius 1 is 1.19 bits per heavy atom. The largest absolute Gasteiger partial charge is 0.395 e. The number of hydrogen-bond donors (Lipinski definition) is 4. The quantitative estimate of drug-likeness (QED) is 0.454. The number of rotatable bonds is 6. The summed E-state index contributed by atoms with van der Waals surface area (Å²) in [4.78, 5) is 28.2. The van der Waals surface area contributed by atoms with E-state index >= 15 is 0 Å². The van der Waals surface area contributed by atoms with Gasteiger partial charge in [0, 0.05) is 37.4 Å². The highest BCUT2D eigenvalue weighted by molar-refractivity contribution is 5.93. The van der Waals surface area contributed by atoms with E-state index in [1.165, 1.54) is 10.9 Å². The third kappa shape index (κ3) is 4.66. The molecule has 0 aromatic carbocycles. The Labute approximate surface area is 186 Å². The Bertz CT molecular complexity index is 1190. The lowest BCUT2D eigenvalue weighted by Gasteiger charge is -2.44. The van der Waals surface area contributed by atoms with Crippen molar-refractivity contribution in [3.05, 3.63) is 41.1 Å². The van der Waals surface area contributed by atoms with Crippen LogP contribution in [0.5, 0.6) is 0 Å². The lowest BCUT2D eigenvalue weighted by Crippen LogP contribution is -2.60. The predicted molar refractivity (Wildman–Crippen MR) is 125 cm³/mol. The monoisotopic (exact) mass is 439 g/mol. The Kier molecular flexibility index (Phi) is 5.51. The zero-order valence-corrected chi connectivity index (χ0v) is 18.8. The Morgan fingerprint density at radius 2 is 1.94 bits per heavy atom. The van der Waals surface area contributed by atoms with Crippen LogP contribution in [0.2, 0.25) is 0 Å². The van der Waals surface area contributed by atoms with Crippen LogP contribution in [-0.4, -0.2) is 60.6 Å². The first-order valence-corrected chi connectivity index (χ1v) is 10.5. The minimum Gasteiger partial charge on any atom is -0.395 e. The molecule has 0 unspecified atom stereocenters. The van der Waals surface area contributed by atoms with Crippen LogP contribution in [0.4, 0.5) is 23.3 Å². The second-order valence-electron chi connectivity index (χ2n) is 9.47. The summed E-state index contributed by atoms with van der Waals surface area (Å²) in [5.74, 6) is 2.27. The van der Waals surface area contributed by atoms with Gasteiger partial charge in [-0.3, -0.25) is 4.79 Å². The first-order valence-electron chi connectivity index (χ1n) is 10.5. The van der Waals surface area contributed by atoms with Crippen LogP contribution in [0, 0.1) is 0 Å². The number of aliphatic hydroxyl groups excluding tert-OH is 1. The Morgan fingerprint density at radius 3 is 2.59 bits per heavy atom. The molecule has 32 heavy (non-hydrogen) atoms. The molecule has 4 rings (SSSR count). The van der Waals surface area contributed by atoms with Crippen molar-refractivity contribution in [2.24, 2.45) is 0 Å². The van der Waals surface area contributed by atoms with Crippen molar-refractivity contribution in [3.8, 4) is 0 Å². The molecule has 1 aliphatic rings. The van der Waals surface area contributed by atoms with E-state index in [-0.39, 0.29) is 24.2 Å². The van der Waals surface area contributed by atoms with Crippen LogP contribution in [0.1, 0.15) is 27.7 Å². The van der Waals surface area contributed by atoms with Crippen LogP contribution in [-0.2, 0) is 6.54 Å². The molecule has 0 radical (unpaired) electrons. The van der Waals surface area contributed by atoms with Gasteiger partial charge in [-0.25, -0.2) is 15.0 Å². The van der Waals surface area contributed by atoms with Gasteiger partial charge < -0.3 is 30.3 Å². The van der Waals surface area contributed by atoms with Gasteiger partial charge in [0.2, 0.25) is 0 Å². The second kappa shape index (κ2) is 8.03. The molecule has 1 aliphatic heterocycles. The maximum atomic E-state index is 13.0. The molecule has 0 spiro atoms. The highest BCUT2D eigenvalue weighted by atomic mass is 16.3. The number of hydrogen-bond acceptors (Lipinski definition) is 9. The molecular formula is C22H29N7O3. The number of fused-ring (bicyclic) bond motifs is 1. The third-order valence-electron chi connectivity index (χ3n) is 5.09. The molecule has 1 fully saturated rings. The van der Waals surface area contributed by atoms with Crippen LogP contribution >= 0.6 is 0 Å². The molecule has 10 nitrogen and oxygen atoms in total. The normalized spacial score (nSPS) is 15.5. The van der Waals surface area contributed by atoms with Gasteiger partial charge in [-0.05, 0) is 45.2 Å². The van der Waals surface area contributed by atoms with E-state index in [1.807, 2.05) is 31.7 Å². The summed E-state index contributed by atoms with van der Waals surface area (Å²) in [5, 5.41) is 27.0. The van der Waals surface area contributed by atoms with Crippen LogP contribution in [0.15, 0.2) is 35.5 Å². The van der Waals surface area contributed by atoms with Crippen molar-refractivity contribution in [1.29, 1.82) is 0 Å². The van der Waals surface area contributed by atoms with Crippen LogP contribution < -0.4 is 21.1 Å². The van der Waals surface area contributed by atoms with Crippen molar-refractivity contribution in [2.45, 2.75) is 45.4 Å². The zero-order valence-electron chi connectivity index (χ0n) is 18.8. The third-order valence-corrected chi connectivity index (χ3v) is 5.09. The summed E-state index contributed by atoms with van der Waals surface area (Å²) >= 11 is 0. The molecule has 170 valence electrons. The van der Waals surface area contributed by atoms with Crippen LogP contribution in [0.3, 0.4) is 0 Å². The van der Waals surface area contributed by atoms with E-state index in [9.17, 15) is 15.0 Å². The molecule has 0 aliphatic carbocycles. The minimum absolute atomic E-state index is 0.122. The number of nitrogens with one attached hydrogen (secondary N) is 2. The van der Waals surface area contributed by atoms with Gasteiger partial charge in [-0.15, -0.1) is 0 Å². The molecular weight excluding hydrogens is 410 g/mol. The standard InChI is InChI=1S/C22H29N7O3/c1-21(2,3)27-19-18-14(5-6-28(7-8-30)20(18)31)9-16(26-19)25-15-10-17(24-13-23-15)29-11-22(4,32)12-29/h5-6,9-10,13,30,32H,7-8,11-12H2,1-4H3,(H2,23,24,25,26,27). The molecule has 0 atom stereocenters. The molecule has 10 heteroatoms. The maximum absolute atomic E-state index is 13.0. The fraction of sp³-hybridized carbons (Fsp3) is 0.455. The molecule has 3 aromatic heterocycles. The molecule has 4 N–H and O–H groups in total. The van der Waals surface area contributed by atoms with E-state index in [2.05, 4.69) is 25.6 Å². The second-order valence-corrected chi connectivity index (χ2v) is 9.47. The smallest absolute Gasteiger partial charge is 0.262 e. The maximum Gasteiger partial charge on any atom is 0.262 e. The van der Waals surface area contributed by atoms with Crippen molar-refractivity contribution < 1.29 is 10.2 Å². The predicted octanol–water partition coefficient (Wildman–Crippen LogP) is 1.70. The van der Waals surface area contributed by atoms with Gasteiger partial charge in [-0.1, -0.05) is 0 Å². The van der Waals surface area contributed by atoms with Gasteiger partial charge in [0.15, 0.2) is 0 Å². The number of pyridine rings is 2. The van der Waals surface area contributed by atoms with Crippen molar-refractivity contribution in [3.63, 3.8) is 0 Å². The zero-order chi connectivity index (χ0) is 23.1. The highest BCUT2D eigenvalue weighted by Crippen LogP contribution is 2.29. The lowest BCUT2D eigenvalue weighted by atomic mass is 9.97. The van der Waals surface area contributed by atoms with Crippen molar-refractivity contribution >= 4 is 34.0 Å². The van der Waals surface area contributed by atoms with E-state index in [1.54, 1.807) is 25.3 Å². The average molecular weight is 440 g/mol. The van der Waals surface area contributed by atoms with E-state index in [0.717, 1.165) is 11.2 Å². The van der Waals surface area contributed by atoms with Gasteiger partial charge in [0.1, 0.15) is 29.6 Å². The summed E-state index contributed by atoms with van der Waals surface area (Å²) in [6.07, 6.45) is 3.14. The fourth-order valence-corrected chi connectivity index (χ4v) is 3.75. The molecule has 1 saturated heterocycles. The first kappa shape index (κ1) is 22.0. The fourth-order valence-electron chi connectivity index (χ4n) is 3.75. The summed E-state index contributed by atoms with van der Waals surface area (Å²) in [6.45, 7) is 8.90. The topological polar surface area (TPSA) is 128 Å². The number of aliphatic hydroxyl groups is 2. The van der Waals surface area contributed by atoms with Crippen molar-refractivity contribution in [2.75, 3.05) is 35.2 Å². The highest BCUT2D eigenvalue weighted by Gasteiger charge is 2.37. The molecule has 0 amide bonds. The van der Waals surface area contributed by atoms with Gasteiger partial charge in [0.25, 0.3) is 5.56 Å². The number of aromatic nitrogens is 4. The minimum atomic E-state index is -0.700. The molecule has 0 bridgehead atoms. The Hall–Kier alpha value is -3.24. The van der Waals surface area contributed by atoms with E-state index in [4.69, 9.17) is 0 Å². The van der Waals surface area contributed by atoms with Gasteiger partial charge >= 0.3 is 0 Å². The van der Waals surface area contributed by atoms with E-state index in [0.29, 0.717) is 35.9 Å². The first-order chi connectivity index (χ1) is 15.0. The Balaban J connectivity index is 1.71. The molecule has 4 heterocycles. The summed E-state index contributed by atoms with van der Waals surface area (Å²) < 4.78 is 1.48. The summed E-state index contributed by atoms with van der Waals surface area (Å²) in [6, 6.07) is 5.43. The van der Waals surface area contributed by atoms with Gasteiger partial charge in [-0.2, -0.15) is 0 Å². The lowest BCUT2D eigenvalue weighted by molar-refractivity contribution is 0.0305. The number of anilines is 4. The SMILES string of the molecule is CC1(O)CN(c2cc(Nc3cc4ccn(CCO)c(=O)c4c(NC(C)(C)C)n3)ncn2)C1. The summed E-state index contributed by atoms with van der Waals surface area (Å²) in [7, 11) is 0. The van der Waals surface area contributed by atoms with Crippen LogP contribution in [0.25, 0.3) is 10.8 Å². The van der Waals surface area contributed by atoms with Crippen molar-refractivity contribution in [1.82, 2.24) is 19.5 Å². The van der Waals surface area contributed by atoms with E-state index < -0.39 is 5.60 Å². The average Bonchev–Trinajstić information content (AvgIpc) is 2.67. The van der Waals surface area contributed by atoms with Gasteiger partial charge in [0.05, 0.1) is 17.6 Å². The number of nitrogens with zero attached hydrogens (tertiary/aromatic N) is 5. The number of β-amino-alcohol motifs (C(OH)–C–C–N with tert-alkyl or cyclic N) is 1.